The second kappa shape index (κ2) is 6.32. The van der Waals surface area contributed by atoms with Crippen LogP contribution in [-0.2, 0) is 18.9 Å². The third-order valence-corrected chi connectivity index (χ3v) is 2.67. The predicted molar refractivity (Wildman–Crippen MR) is 57.8 cm³/mol. The molecule has 0 spiro atoms. The van der Waals surface area contributed by atoms with E-state index in [2.05, 4.69) is 6.58 Å². The van der Waals surface area contributed by atoms with Crippen molar-refractivity contribution in [3.8, 4) is 0 Å². The Bertz CT molecular complexity index is 220. The van der Waals surface area contributed by atoms with E-state index in [0.29, 0.717) is 13.2 Å². The molecule has 1 N–H and O–H groups in total. The van der Waals surface area contributed by atoms with Gasteiger partial charge in [0.05, 0.1) is 19.8 Å². The maximum atomic E-state index is 9.03. The lowest BCUT2D eigenvalue weighted by Gasteiger charge is -2.18. The first-order valence-electron chi connectivity index (χ1n) is 5.33. The summed E-state index contributed by atoms with van der Waals surface area (Å²) in [7, 11) is 1.61. The fraction of sp³-hybridized carbons (Fsp3) is 0.818. The molecule has 1 heterocycles. The van der Waals surface area contributed by atoms with Crippen LogP contribution >= 0.6 is 0 Å². The Labute approximate surface area is 95.9 Å². The lowest BCUT2D eigenvalue weighted by atomic mass is 10.0. The highest BCUT2D eigenvalue weighted by Gasteiger charge is 2.60. The molecular formula is C11H20O5. The first-order chi connectivity index (χ1) is 7.71. The van der Waals surface area contributed by atoms with E-state index in [1.165, 1.54) is 0 Å². The molecule has 0 aromatic heterocycles. The predicted octanol–water partition coefficient (Wildman–Crippen LogP) is 0.533. The molecule has 0 radical (unpaired) electrons. The summed E-state index contributed by atoms with van der Waals surface area (Å²) in [6.07, 6.45) is 1.46. The van der Waals surface area contributed by atoms with Crippen molar-refractivity contribution in [3.05, 3.63) is 12.7 Å². The highest BCUT2D eigenvalue weighted by atomic mass is 16.8. The van der Waals surface area contributed by atoms with Crippen LogP contribution in [0.1, 0.15) is 6.92 Å². The lowest BCUT2D eigenvalue weighted by molar-refractivity contribution is -0.156. The highest BCUT2D eigenvalue weighted by Crippen LogP contribution is 2.44. The van der Waals surface area contributed by atoms with Gasteiger partial charge in [-0.2, -0.15) is 0 Å². The van der Waals surface area contributed by atoms with Crippen molar-refractivity contribution in [2.45, 2.75) is 18.8 Å². The first kappa shape index (κ1) is 13.6. The summed E-state index contributed by atoms with van der Waals surface area (Å²) < 4.78 is 20.9. The third-order valence-electron chi connectivity index (χ3n) is 2.67. The second-order valence-electron chi connectivity index (χ2n) is 3.70. The zero-order chi connectivity index (χ0) is 12.0. The largest absolute Gasteiger partial charge is 0.393 e. The number of aliphatic hydroxyl groups is 1. The van der Waals surface area contributed by atoms with Crippen molar-refractivity contribution in [1.82, 2.24) is 0 Å². The normalized spacial score (nSPS) is 30.1. The number of methoxy groups -OCH3 is 1. The van der Waals surface area contributed by atoms with Crippen molar-refractivity contribution in [2.75, 3.05) is 33.7 Å². The van der Waals surface area contributed by atoms with E-state index in [0.717, 1.165) is 0 Å². The molecule has 0 aromatic rings. The van der Waals surface area contributed by atoms with Gasteiger partial charge in [0.2, 0.25) is 5.79 Å². The summed E-state index contributed by atoms with van der Waals surface area (Å²) in [5.41, 5.74) is 0. The van der Waals surface area contributed by atoms with E-state index in [-0.39, 0.29) is 25.4 Å². The van der Waals surface area contributed by atoms with Gasteiger partial charge in [-0.15, -0.1) is 6.58 Å². The number of hydrogen-bond donors (Lipinski definition) is 1. The average Bonchev–Trinajstić information content (AvgIpc) is 3.03. The van der Waals surface area contributed by atoms with E-state index in [9.17, 15) is 0 Å². The monoisotopic (exact) mass is 232 g/mol. The minimum absolute atomic E-state index is 0.00988. The van der Waals surface area contributed by atoms with Crippen LogP contribution in [0.5, 0.6) is 0 Å². The molecule has 1 aliphatic heterocycles. The smallest absolute Gasteiger partial charge is 0.206 e. The van der Waals surface area contributed by atoms with E-state index < -0.39 is 5.79 Å². The number of hydrogen-bond acceptors (Lipinski definition) is 5. The minimum atomic E-state index is -0.760. The molecule has 5 nitrogen and oxygen atoms in total. The summed E-state index contributed by atoms with van der Waals surface area (Å²) in [6.45, 7) is 6.68. The Morgan fingerprint density at radius 1 is 1.56 bits per heavy atom. The van der Waals surface area contributed by atoms with E-state index in [1.54, 1.807) is 13.2 Å². The third kappa shape index (κ3) is 3.02. The molecule has 1 aliphatic rings. The topological polar surface area (TPSA) is 60.5 Å². The molecule has 0 amide bonds. The Kier molecular flexibility index (Phi) is 5.37. The summed E-state index contributed by atoms with van der Waals surface area (Å²) in [6, 6.07) is 0. The van der Waals surface area contributed by atoms with Crippen LogP contribution in [0.2, 0.25) is 0 Å². The van der Waals surface area contributed by atoms with Crippen LogP contribution < -0.4 is 0 Å². The maximum absolute atomic E-state index is 9.03. The Morgan fingerprint density at radius 3 is 2.81 bits per heavy atom. The molecule has 3 atom stereocenters. The van der Waals surface area contributed by atoms with E-state index >= 15 is 0 Å². The van der Waals surface area contributed by atoms with Gasteiger partial charge >= 0.3 is 0 Å². The van der Waals surface area contributed by atoms with Gasteiger partial charge < -0.3 is 24.1 Å². The molecular weight excluding hydrogens is 212 g/mol. The van der Waals surface area contributed by atoms with Gasteiger partial charge in [0.15, 0.2) is 0 Å². The van der Waals surface area contributed by atoms with Crippen LogP contribution in [-0.4, -0.2) is 50.7 Å². The number of rotatable bonds is 9. The van der Waals surface area contributed by atoms with Crippen LogP contribution in [0.3, 0.4) is 0 Å². The summed E-state index contributed by atoms with van der Waals surface area (Å²) in [4.78, 5) is 0. The van der Waals surface area contributed by atoms with Crippen LogP contribution in [0.25, 0.3) is 0 Å². The summed E-state index contributed by atoms with van der Waals surface area (Å²) in [5, 5.41) is 9.03. The van der Waals surface area contributed by atoms with Gasteiger partial charge in [0, 0.05) is 13.0 Å². The molecule has 0 aromatic carbocycles. The molecule has 16 heavy (non-hydrogen) atoms. The molecule has 94 valence electrons. The van der Waals surface area contributed by atoms with Crippen molar-refractivity contribution in [3.63, 3.8) is 0 Å². The molecule has 5 heteroatoms. The summed E-state index contributed by atoms with van der Waals surface area (Å²) >= 11 is 0. The van der Waals surface area contributed by atoms with E-state index in [1.807, 2.05) is 6.92 Å². The van der Waals surface area contributed by atoms with Gasteiger partial charge in [-0.1, -0.05) is 13.0 Å². The zero-order valence-electron chi connectivity index (χ0n) is 9.85. The molecule has 0 bridgehead atoms. The van der Waals surface area contributed by atoms with Gasteiger partial charge in [-0.25, -0.2) is 0 Å². The Balaban J connectivity index is 2.28. The Morgan fingerprint density at radius 2 is 2.31 bits per heavy atom. The first-order valence-corrected chi connectivity index (χ1v) is 5.33. The lowest BCUT2D eigenvalue weighted by Crippen LogP contribution is -2.30. The molecule has 0 saturated carbocycles. The van der Waals surface area contributed by atoms with Gasteiger partial charge in [-0.3, -0.25) is 0 Å². The SMILES string of the molecule is C=C[C@@H](C)C1(OCOCCOC)O[C@@H]1CO. The number of epoxide rings is 1. The van der Waals surface area contributed by atoms with Crippen molar-refractivity contribution < 1.29 is 24.1 Å². The second-order valence-corrected chi connectivity index (χ2v) is 3.70. The highest BCUT2D eigenvalue weighted by molar-refractivity contribution is 5.03. The van der Waals surface area contributed by atoms with Crippen LogP contribution in [0, 0.1) is 5.92 Å². The van der Waals surface area contributed by atoms with E-state index in [4.69, 9.17) is 24.1 Å². The molecule has 0 aliphatic carbocycles. The Hall–Kier alpha value is -0.460. The van der Waals surface area contributed by atoms with Gasteiger partial charge in [0.25, 0.3) is 0 Å². The standard InChI is InChI=1S/C11H20O5/c1-4-9(2)11(10(7-12)16-11)15-8-14-6-5-13-3/h4,9-10,12H,1,5-8H2,2-3H3/t9-,10-,11?/m1/s1. The maximum Gasteiger partial charge on any atom is 0.206 e. The molecule has 1 unspecified atom stereocenters. The fourth-order valence-corrected chi connectivity index (χ4v) is 1.51. The minimum Gasteiger partial charge on any atom is -0.393 e. The number of ether oxygens (including phenoxy) is 4. The van der Waals surface area contributed by atoms with Crippen molar-refractivity contribution in [2.24, 2.45) is 5.92 Å². The quantitative estimate of drug-likeness (QED) is 0.272. The molecule has 1 fully saturated rings. The zero-order valence-corrected chi connectivity index (χ0v) is 9.85. The van der Waals surface area contributed by atoms with Crippen LogP contribution in [0.4, 0.5) is 0 Å². The van der Waals surface area contributed by atoms with Crippen LogP contribution in [0.15, 0.2) is 12.7 Å². The molecule has 1 rings (SSSR count). The number of aliphatic hydroxyl groups excluding tert-OH is 1. The van der Waals surface area contributed by atoms with Crippen molar-refractivity contribution in [1.29, 1.82) is 0 Å². The summed E-state index contributed by atoms with van der Waals surface area (Å²) in [5.74, 6) is -0.750. The fourth-order valence-electron chi connectivity index (χ4n) is 1.51. The molecule has 1 saturated heterocycles. The van der Waals surface area contributed by atoms with Gasteiger partial charge in [-0.05, 0) is 0 Å². The average molecular weight is 232 g/mol. The van der Waals surface area contributed by atoms with Gasteiger partial charge in [0.1, 0.15) is 12.9 Å². The van der Waals surface area contributed by atoms with Crippen molar-refractivity contribution >= 4 is 0 Å².